The van der Waals surface area contributed by atoms with Gasteiger partial charge in [-0.25, -0.2) is 4.79 Å². The first-order valence-corrected chi connectivity index (χ1v) is 6.05. The number of ether oxygens (including phenoxy) is 1. The van der Waals surface area contributed by atoms with Gasteiger partial charge >= 0.3 is 6.03 Å². The van der Waals surface area contributed by atoms with Crippen molar-refractivity contribution in [1.29, 1.82) is 0 Å². The molecule has 0 atom stereocenters. The standard InChI is InChI=1S/C11H21N3O3/c1-2-3-4-14(9-10(12)15)11(16)13-5-7-17-8-6-13/h2-9H2,1H3,(H2,12,15). The third kappa shape index (κ3) is 4.60. The van der Waals surface area contributed by atoms with E-state index >= 15 is 0 Å². The molecule has 0 unspecified atom stereocenters. The maximum Gasteiger partial charge on any atom is 0.320 e. The Labute approximate surface area is 102 Å². The van der Waals surface area contributed by atoms with Gasteiger partial charge in [-0.1, -0.05) is 13.3 Å². The van der Waals surface area contributed by atoms with Crippen molar-refractivity contribution in [3.05, 3.63) is 0 Å². The first kappa shape index (κ1) is 13.8. The smallest absolute Gasteiger partial charge is 0.320 e. The van der Waals surface area contributed by atoms with Crippen LogP contribution in [0.25, 0.3) is 0 Å². The minimum Gasteiger partial charge on any atom is -0.378 e. The van der Waals surface area contributed by atoms with Gasteiger partial charge in [0.1, 0.15) is 6.54 Å². The van der Waals surface area contributed by atoms with Gasteiger partial charge in [0.25, 0.3) is 0 Å². The molecule has 0 aromatic carbocycles. The first-order chi connectivity index (χ1) is 8.15. The molecule has 17 heavy (non-hydrogen) atoms. The second-order valence-corrected chi connectivity index (χ2v) is 4.12. The summed E-state index contributed by atoms with van der Waals surface area (Å²) < 4.78 is 5.19. The van der Waals surface area contributed by atoms with Crippen molar-refractivity contribution < 1.29 is 14.3 Å². The Kier molecular flexibility index (Phi) is 5.76. The van der Waals surface area contributed by atoms with Crippen LogP contribution in [0.2, 0.25) is 0 Å². The van der Waals surface area contributed by atoms with E-state index < -0.39 is 5.91 Å². The fourth-order valence-electron chi connectivity index (χ4n) is 1.73. The Balaban J connectivity index is 2.53. The van der Waals surface area contributed by atoms with Gasteiger partial charge in [0.2, 0.25) is 5.91 Å². The average Bonchev–Trinajstić information content (AvgIpc) is 2.34. The molecular weight excluding hydrogens is 222 g/mol. The summed E-state index contributed by atoms with van der Waals surface area (Å²) in [5.74, 6) is -0.470. The quantitative estimate of drug-likeness (QED) is 0.740. The lowest BCUT2D eigenvalue weighted by Crippen LogP contribution is -2.50. The summed E-state index contributed by atoms with van der Waals surface area (Å²) in [6.07, 6.45) is 1.86. The molecule has 1 rings (SSSR count). The van der Waals surface area contributed by atoms with Crippen molar-refractivity contribution in [2.24, 2.45) is 5.73 Å². The number of morpholine rings is 1. The number of hydrogen-bond acceptors (Lipinski definition) is 3. The molecule has 1 saturated heterocycles. The lowest BCUT2D eigenvalue weighted by Gasteiger charge is -2.32. The maximum atomic E-state index is 12.1. The number of nitrogens with zero attached hydrogens (tertiary/aromatic N) is 2. The molecule has 98 valence electrons. The fourth-order valence-corrected chi connectivity index (χ4v) is 1.73. The highest BCUT2D eigenvalue weighted by molar-refractivity contribution is 5.83. The molecule has 1 fully saturated rings. The highest BCUT2D eigenvalue weighted by atomic mass is 16.5. The number of rotatable bonds is 5. The summed E-state index contributed by atoms with van der Waals surface area (Å²) in [4.78, 5) is 26.3. The number of urea groups is 1. The molecule has 0 aromatic heterocycles. The van der Waals surface area contributed by atoms with Crippen LogP contribution >= 0.6 is 0 Å². The normalized spacial score (nSPS) is 15.7. The van der Waals surface area contributed by atoms with Crippen molar-refractivity contribution in [2.75, 3.05) is 39.4 Å². The number of unbranched alkanes of at least 4 members (excludes halogenated alkanes) is 1. The zero-order valence-corrected chi connectivity index (χ0v) is 10.4. The van der Waals surface area contributed by atoms with Crippen LogP contribution in [0.1, 0.15) is 19.8 Å². The second-order valence-electron chi connectivity index (χ2n) is 4.12. The molecule has 0 spiro atoms. The van der Waals surface area contributed by atoms with Crippen molar-refractivity contribution in [3.8, 4) is 0 Å². The lowest BCUT2D eigenvalue weighted by atomic mass is 10.3. The number of hydrogen-bond donors (Lipinski definition) is 1. The molecule has 1 heterocycles. The van der Waals surface area contributed by atoms with Gasteiger partial charge in [-0.3, -0.25) is 4.79 Å². The van der Waals surface area contributed by atoms with Gasteiger partial charge in [0.05, 0.1) is 13.2 Å². The van der Waals surface area contributed by atoms with E-state index in [1.165, 1.54) is 4.90 Å². The SMILES string of the molecule is CCCCN(CC(N)=O)C(=O)N1CCOCC1. The molecule has 3 amide bonds. The maximum absolute atomic E-state index is 12.1. The third-order valence-corrected chi connectivity index (χ3v) is 2.68. The van der Waals surface area contributed by atoms with Crippen LogP contribution in [-0.2, 0) is 9.53 Å². The van der Waals surface area contributed by atoms with E-state index in [4.69, 9.17) is 10.5 Å². The molecule has 6 heteroatoms. The monoisotopic (exact) mass is 243 g/mol. The molecule has 0 aliphatic carbocycles. The number of primary amides is 1. The van der Waals surface area contributed by atoms with Gasteiger partial charge in [0, 0.05) is 19.6 Å². The van der Waals surface area contributed by atoms with Crippen molar-refractivity contribution >= 4 is 11.9 Å². The largest absolute Gasteiger partial charge is 0.378 e. The van der Waals surface area contributed by atoms with E-state index in [1.807, 2.05) is 6.92 Å². The van der Waals surface area contributed by atoms with E-state index in [-0.39, 0.29) is 12.6 Å². The van der Waals surface area contributed by atoms with E-state index in [0.717, 1.165) is 12.8 Å². The molecular formula is C11H21N3O3. The fraction of sp³-hybridized carbons (Fsp3) is 0.818. The summed E-state index contributed by atoms with van der Waals surface area (Å²) >= 11 is 0. The molecule has 1 aliphatic heterocycles. The Hall–Kier alpha value is -1.30. The average molecular weight is 243 g/mol. The topological polar surface area (TPSA) is 75.9 Å². The molecule has 0 aromatic rings. The molecule has 0 saturated carbocycles. The highest BCUT2D eigenvalue weighted by Crippen LogP contribution is 2.05. The van der Waals surface area contributed by atoms with Crippen LogP contribution in [0.15, 0.2) is 0 Å². The van der Waals surface area contributed by atoms with Gasteiger partial charge < -0.3 is 20.3 Å². The van der Waals surface area contributed by atoms with Crippen molar-refractivity contribution in [2.45, 2.75) is 19.8 Å². The van der Waals surface area contributed by atoms with E-state index in [2.05, 4.69) is 0 Å². The summed E-state index contributed by atoms with van der Waals surface area (Å²) in [5, 5.41) is 0. The van der Waals surface area contributed by atoms with E-state index in [9.17, 15) is 9.59 Å². The summed E-state index contributed by atoms with van der Waals surface area (Å²) in [7, 11) is 0. The summed E-state index contributed by atoms with van der Waals surface area (Å²) in [6.45, 7) is 4.90. The van der Waals surface area contributed by atoms with Crippen LogP contribution in [0.3, 0.4) is 0 Å². The minimum absolute atomic E-state index is 0.00378. The van der Waals surface area contributed by atoms with Crippen LogP contribution in [-0.4, -0.2) is 61.1 Å². The number of nitrogens with two attached hydrogens (primary N) is 1. The van der Waals surface area contributed by atoms with Gasteiger partial charge in [-0.2, -0.15) is 0 Å². The van der Waals surface area contributed by atoms with Crippen LogP contribution < -0.4 is 5.73 Å². The summed E-state index contributed by atoms with van der Waals surface area (Å²) in [6, 6.07) is -0.111. The van der Waals surface area contributed by atoms with E-state index in [0.29, 0.717) is 32.8 Å². The number of carbonyl (C=O) groups is 2. The molecule has 6 nitrogen and oxygen atoms in total. The van der Waals surface area contributed by atoms with Crippen LogP contribution in [0.4, 0.5) is 4.79 Å². The van der Waals surface area contributed by atoms with Crippen molar-refractivity contribution in [3.63, 3.8) is 0 Å². The van der Waals surface area contributed by atoms with Crippen molar-refractivity contribution in [1.82, 2.24) is 9.80 Å². The zero-order valence-electron chi connectivity index (χ0n) is 10.4. The Morgan fingerprint density at radius 3 is 2.53 bits per heavy atom. The van der Waals surface area contributed by atoms with E-state index in [1.54, 1.807) is 4.90 Å². The Bertz CT molecular complexity index is 265. The first-order valence-electron chi connectivity index (χ1n) is 6.05. The van der Waals surface area contributed by atoms with Gasteiger partial charge in [-0.05, 0) is 6.42 Å². The van der Waals surface area contributed by atoms with Crippen LogP contribution in [0, 0.1) is 0 Å². The molecule has 0 radical (unpaired) electrons. The van der Waals surface area contributed by atoms with Gasteiger partial charge in [0.15, 0.2) is 0 Å². The number of amides is 3. The Morgan fingerprint density at radius 2 is 2.00 bits per heavy atom. The Morgan fingerprint density at radius 1 is 1.35 bits per heavy atom. The predicted molar refractivity (Wildman–Crippen MR) is 63.5 cm³/mol. The molecule has 2 N–H and O–H groups in total. The molecule has 0 bridgehead atoms. The lowest BCUT2D eigenvalue weighted by molar-refractivity contribution is -0.118. The highest BCUT2D eigenvalue weighted by Gasteiger charge is 2.23. The predicted octanol–water partition coefficient (Wildman–Crippen LogP) is 0.0260. The van der Waals surface area contributed by atoms with Crippen LogP contribution in [0.5, 0.6) is 0 Å². The zero-order chi connectivity index (χ0) is 12.7. The third-order valence-electron chi connectivity index (χ3n) is 2.68. The number of carbonyl (C=O) groups excluding carboxylic acids is 2. The van der Waals surface area contributed by atoms with Gasteiger partial charge in [-0.15, -0.1) is 0 Å². The second kappa shape index (κ2) is 7.11. The molecule has 1 aliphatic rings. The minimum atomic E-state index is -0.470. The summed E-state index contributed by atoms with van der Waals surface area (Å²) in [5.41, 5.74) is 5.16.